The molecular formula is C37H31BrN2O4. The van der Waals surface area contributed by atoms with Crippen LogP contribution in [-0.4, -0.2) is 18.0 Å². The number of nitrogens with one attached hydrogen (secondary N) is 1. The maximum atomic E-state index is 13.8. The summed E-state index contributed by atoms with van der Waals surface area (Å²) in [4.78, 5) is 29.9. The van der Waals surface area contributed by atoms with Crippen molar-refractivity contribution in [2.24, 2.45) is 5.92 Å². The second-order valence-electron chi connectivity index (χ2n) is 11.4. The molecule has 4 atom stereocenters. The van der Waals surface area contributed by atoms with Gasteiger partial charge in [-0.3, -0.25) is 0 Å². The van der Waals surface area contributed by atoms with Crippen LogP contribution in [0.5, 0.6) is 0 Å². The van der Waals surface area contributed by atoms with E-state index in [0.717, 1.165) is 37.8 Å². The predicted molar refractivity (Wildman–Crippen MR) is 175 cm³/mol. The van der Waals surface area contributed by atoms with E-state index in [0.29, 0.717) is 23.4 Å². The number of fused-ring (bicyclic) bond motifs is 5. The van der Waals surface area contributed by atoms with E-state index in [1.54, 1.807) is 0 Å². The lowest BCUT2D eigenvalue weighted by Gasteiger charge is -2.53. The minimum atomic E-state index is -0.407. The number of para-hydroxylation sites is 1. The summed E-state index contributed by atoms with van der Waals surface area (Å²) in [7, 11) is 1.44. The Labute approximate surface area is 264 Å². The van der Waals surface area contributed by atoms with Crippen LogP contribution in [0.2, 0.25) is 0 Å². The number of allylic oxidation sites excluding steroid dienone is 1. The van der Waals surface area contributed by atoms with Gasteiger partial charge in [0.15, 0.2) is 0 Å². The second-order valence-corrected chi connectivity index (χ2v) is 12.3. The highest BCUT2D eigenvalue weighted by molar-refractivity contribution is 9.10. The Bertz CT molecular complexity index is 1940. The van der Waals surface area contributed by atoms with E-state index in [1.807, 2.05) is 79.7 Å². The SMILES string of the molecule is COC(=O)C1=C(C)N(Cc2ccccc2)[C@@H]2c3c(c(=O)oc4ccccc34)N[C@@H](c3ccc(Br)cc3)[C@@H]2C1c1ccccc1. The first-order chi connectivity index (χ1) is 21.5. The average Bonchev–Trinajstić information content (AvgIpc) is 3.06. The quantitative estimate of drug-likeness (QED) is 0.154. The van der Waals surface area contributed by atoms with Crippen LogP contribution in [0.3, 0.4) is 0 Å². The number of halogens is 1. The van der Waals surface area contributed by atoms with Gasteiger partial charge in [0.2, 0.25) is 0 Å². The molecule has 0 aliphatic carbocycles. The number of carbonyl (C=O) groups is 1. The smallest absolute Gasteiger partial charge is 0.360 e. The molecule has 1 unspecified atom stereocenters. The zero-order valence-corrected chi connectivity index (χ0v) is 26.0. The van der Waals surface area contributed by atoms with Crippen LogP contribution in [0, 0.1) is 5.92 Å². The van der Waals surface area contributed by atoms with Crippen molar-refractivity contribution in [1.82, 2.24) is 4.90 Å². The highest BCUT2D eigenvalue weighted by Gasteiger charge is 2.52. The summed E-state index contributed by atoms with van der Waals surface area (Å²) in [6.45, 7) is 2.54. The second kappa shape index (κ2) is 11.5. The number of esters is 1. The number of hydrogen-bond acceptors (Lipinski definition) is 6. The number of ether oxygens (including phenoxy) is 1. The molecule has 2 aliphatic heterocycles. The molecule has 6 nitrogen and oxygen atoms in total. The molecule has 0 radical (unpaired) electrons. The van der Waals surface area contributed by atoms with Crippen molar-refractivity contribution in [3.63, 3.8) is 0 Å². The first kappa shape index (κ1) is 28.2. The van der Waals surface area contributed by atoms with Crippen molar-refractivity contribution in [1.29, 1.82) is 0 Å². The summed E-state index contributed by atoms with van der Waals surface area (Å²) in [5, 5.41) is 4.52. The molecule has 1 N–H and O–H groups in total. The highest BCUT2D eigenvalue weighted by Crippen LogP contribution is 2.59. The fourth-order valence-electron chi connectivity index (χ4n) is 7.17. The number of nitrogens with zero attached hydrogens (tertiary/aromatic N) is 1. The first-order valence-corrected chi connectivity index (χ1v) is 15.5. The van der Waals surface area contributed by atoms with Crippen molar-refractivity contribution >= 4 is 38.6 Å². The van der Waals surface area contributed by atoms with E-state index in [1.165, 1.54) is 7.11 Å². The van der Waals surface area contributed by atoms with Crippen molar-refractivity contribution in [3.8, 4) is 0 Å². The number of hydrogen-bond donors (Lipinski definition) is 1. The molecular weight excluding hydrogens is 616 g/mol. The highest BCUT2D eigenvalue weighted by atomic mass is 79.9. The number of benzene rings is 4. The zero-order chi connectivity index (χ0) is 30.4. The molecule has 220 valence electrons. The van der Waals surface area contributed by atoms with Gasteiger partial charge >= 0.3 is 11.6 Å². The predicted octanol–water partition coefficient (Wildman–Crippen LogP) is 8.13. The molecule has 44 heavy (non-hydrogen) atoms. The van der Waals surface area contributed by atoms with E-state index in [4.69, 9.17) is 9.15 Å². The Morgan fingerprint density at radius 3 is 2.25 bits per heavy atom. The number of rotatable bonds is 5. The lowest BCUT2D eigenvalue weighted by Crippen LogP contribution is -2.49. The third-order valence-electron chi connectivity index (χ3n) is 9.04. The number of carbonyl (C=O) groups excluding carboxylic acids is 1. The van der Waals surface area contributed by atoms with Crippen LogP contribution in [0.15, 0.2) is 134 Å². The molecule has 3 heterocycles. The van der Waals surface area contributed by atoms with Gasteiger partial charge in [-0.05, 0) is 41.8 Å². The average molecular weight is 648 g/mol. The molecule has 0 bridgehead atoms. The molecule has 2 aliphatic rings. The maximum Gasteiger partial charge on any atom is 0.360 e. The summed E-state index contributed by atoms with van der Waals surface area (Å²) in [6.07, 6.45) is 0. The third kappa shape index (κ3) is 4.72. The van der Waals surface area contributed by atoms with E-state index in [2.05, 4.69) is 62.5 Å². The lowest BCUT2D eigenvalue weighted by atomic mass is 9.64. The van der Waals surface area contributed by atoms with Gasteiger partial charge in [-0.2, -0.15) is 0 Å². The zero-order valence-electron chi connectivity index (χ0n) is 24.4. The Morgan fingerprint density at radius 1 is 0.886 bits per heavy atom. The van der Waals surface area contributed by atoms with Crippen molar-refractivity contribution in [3.05, 3.63) is 158 Å². The minimum absolute atomic E-state index is 0.210. The normalized spacial score (nSPS) is 20.9. The molecule has 4 aromatic carbocycles. The van der Waals surface area contributed by atoms with Gasteiger partial charge in [-0.25, -0.2) is 9.59 Å². The molecule has 7 heteroatoms. The largest absolute Gasteiger partial charge is 0.466 e. The topological polar surface area (TPSA) is 71.8 Å². The standard InChI is InChI=1S/C37H31BrN2O4/c1-22-29(36(41)43-2)30(24-13-7-4-8-14-24)32-33(25-17-19-26(38)20-18-25)39-34-31(27-15-9-10-16-28(27)44-37(34)42)35(32)40(22)21-23-11-5-3-6-12-23/h3-20,30,32-33,35,39H,21H2,1-2H3/t30?,32-,33-,35+/m0/s1. The van der Waals surface area contributed by atoms with Crippen LogP contribution >= 0.6 is 15.9 Å². The van der Waals surface area contributed by atoms with Gasteiger partial charge in [0.25, 0.3) is 0 Å². The molecule has 0 spiro atoms. The molecule has 0 saturated carbocycles. The van der Waals surface area contributed by atoms with Gasteiger partial charge in [-0.15, -0.1) is 0 Å². The third-order valence-corrected chi connectivity index (χ3v) is 9.57. The Hall–Kier alpha value is -4.62. The summed E-state index contributed by atoms with van der Waals surface area (Å²) in [5.74, 6) is -0.899. The van der Waals surface area contributed by atoms with Crippen molar-refractivity contribution < 1.29 is 13.9 Å². The molecule has 0 saturated heterocycles. The number of anilines is 1. The van der Waals surface area contributed by atoms with Gasteiger partial charge in [-0.1, -0.05) is 107 Å². The maximum absolute atomic E-state index is 13.8. The van der Waals surface area contributed by atoms with Gasteiger partial charge < -0.3 is 19.4 Å². The minimum Gasteiger partial charge on any atom is -0.466 e. The van der Waals surface area contributed by atoms with Gasteiger partial charge in [0.05, 0.1) is 24.8 Å². The van der Waals surface area contributed by atoms with Crippen LogP contribution in [0.25, 0.3) is 11.0 Å². The summed E-state index contributed by atoms with van der Waals surface area (Å²) in [6, 6.07) is 35.6. The summed E-state index contributed by atoms with van der Waals surface area (Å²) >= 11 is 3.58. The van der Waals surface area contributed by atoms with Crippen molar-refractivity contribution in [2.45, 2.75) is 31.5 Å². The Morgan fingerprint density at radius 2 is 1.55 bits per heavy atom. The van der Waals surface area contributed by atoms with E-state index in [-0.39, 0.29) is 29.9 Å². The lowest BCUT2D eigenvalue weighted by molar-refractivity contribution is -0.137. The molecule has 0 fully saturated rings. The van der Waals surface area contributed by atoms with Crippen LogP contribution in [0.4, 0.5) is 5.69 Å². The van der Waals surface area contributed by atoms with Crippen LogP contribution in [0.1, 0.15) is 47.2 Å². The van der Waals surface area contributed by atoms with Gasteiger partial charge in [0.1, 0.15) is 11.3 Å². The van der Waals surface area contributed by atoms with Crippen molar-refractivity contribution in [2.75, 3.05) is 12.4 Å². The van der Waals surface area contributed by atoms with Crippen LogP contribution in [-0.2, 0) is 16.1 Å². The fourth-order valence-corrected chi connectivity index (χ4v) is 7.43. The molecule has 7 rings (SSSR count). The summed E-state index contributed by atoms with van der Waals surface area (Å²) in [5.41, 5.74) is 6.04. The Balaban J connectivity index is 1.59. The molecule has 5 aromatic rings. The van der Waals surface area contributed by atoms with E-state index >= 15 is 0 Å². The van der Waals surface area contributed by atoms with E-state index < -0.39 is 5.63 Å². The van der Waals surface area contributed by atoms with Gasteiger partial charge in [0, 0.05) is 39.5 Å². The molecule has 1 aromatic heterocycles. The van der Waals surface area contributed by atoms with Crippen LogP contribution < -0.4 is 10.9 Å². The fraction of sp³-hybridized carbons (Fsp3) is 0.189. The Kier molecular flexibility index (Phi) is 7.34. The first-order valence-electron chi connectivity index (χ1n) is 14.7. The van der Waals surface area contributed by atoms with E-state index in [9.17, 15) is 9.59 Å². The number of methoxy groups -OCH3 is 1. The monoisotopic (exact) mass is 646 g/mol. The molecule has 0 amide bonds. The summed E-state index contributed by atoms with van der Waals surface area (Å²) < 4.78 is 12.3.